The number of carbonyl (C=O) groups excluding carboxylic acids is 2. The maximum Gasteiger partial charge on any atom is 0.407 e. The van der Waals surface area contributed by atoms with E-state index in [1.54, 1.807) is 19.3 Å². The topological polar surface area (TPSA) is 73.9 Å². The number of ether oxygens (including phenoxy) is 3. The molecule has 0 saturated heterocycles. The molecule has 0 fully saturated rings. The van der Waals surface area contributed by atoms with Crippen LogP contribution in [0.3, 0.4) is 0 Å². The predicted molar refractivity (Wildman–Crippen MR) is 134 cm³/mol. The Morgan fingerprint density at radius 3 is 2.14 bits per heavy atom. The van der Waals surface area contributed by atoms with Crippen LogP contribution in [0.2, 0.25) is 0 Å². The van der Waals surface area contributed by atoms with Gasteiger partial charge in [0.2, 0.25) is 0 Å². The summed E-state index contributed by atoms with van der Waals surface area (Å²) in [6, 6.07) is 24.8. The number of nitrogens with one attached hydrogen (secondary N) is 1. The van der Waals surface area contributed by atoms with Gasteiger partial charge in [-0.15, -0.1) is 0 Å². The number of alkyl carbamates (subject to hydrolysis) is 1. The smallest absolute Gasteiger partial charge is 0.407 e. The van der Waals surface area contributed by atoms with Crippen molar-refractivity contribution in [3.05, 3.63) is 108 Å². The van der Waals surface area contributed by atoms with E-state index in [-0.39, 0.29) is 25.6 Å². The van der Waals surface area contributed by atoms with Gasteiger partial charge in [0.25, 0.3) is 0 Å². The van der Waals surface area contributed by atoms with E-state index in [1.807, 2.05) is 54.6 Å². The molecule has 0 radical (unpaired) electrons. The quantitative estimate of drug-likeness (QED) is 0.324. The average molecular weight is 472 g/mol. The van der Waals surface area contributed by atoms with E-state index in [4.69, 9.17) is 14.2 Å². The fourth-order valence-electron chi connectivity index (χ4n) is 4.22. The summed E-state index contributed by atoms with van der Waals surface area (Å²) in [4.78, 5) is 25.5. The number of hydrogen-bond acceptors (Lipinski definition) is 5. The van der Waals surface area contributed by atoms with E-state index < -0.39 is 18.1 Å². The van der Waals surface area contributed by atoms with Crippen LogP contribution >= 0.6 is 0 Å². The van der Waals surface area contributed by atoms with Gasteiger partial charge in [0, 0.05) is 13.0 Å². The molecule has 4 rings (SSSR count). The SMILES string of the molecule is COC/C=C/C[C@H](NC(=O)OCC1c2ccccc2-c2ccccc21)C(=O)OCc1ccccc1. The first-order chi connectivity index (χ1) is 17.2. The van der Waals surface area contributed by atoms with E-state index in [9.17, 15) is 9.59 Å². The first kappa shape index (κ1) is 24.2. The number of methoxy groups -OCH3 is 1. The summed E-state index contributed by atoms with van der Waals surface area (Å²) >= 11 is 0. The number of benzene rings is 3. The zero-order valence-electron chi connectivity index (χ0n) is 19.7. The van der Waals surface area contributed by atoms with Crippen LogP contribution in [-0.2, 0) is 25.6 Å². The molecule has 1 amide bonds. The minimum atomic E-state index is -0.873. The lowest BCUT2D eigenvalue weighted by Gasteiger charge is -2.18. The Morgan fingerprint density at radius 2 is 1.49 bits per heavy atom. The lowest BCUT2D eigenvalue weighted by molar-refractivity contribution is -0.147. The summed E-state index contributed by atoms with van der Waals surface area (Å²) in [7, 11) is 1.59. The van der Waals surface area contributed by atoms with Gasteiger partial charge in [0.15, 0.2) is 0 Å². The summed E-state index contributed by atoms with van der Waals surface area (Å²) in [6.07, 6.45) is 3.17. The van der Waals surface area contributed by atoms with Crippen LogP contribution in [0, 0.1) is 0 Å². The number of carbonyl (C=O) groups is 2. The van der Waals surface area contributed by atoms with Gasteiger partial charge in [0.05, 0.1) is 6.61 Å². The Bertz CT molecular complexity index is 1130. The highest BCUT2D eigenvalue weighted by atomic mass is 16.6. The normalized spacial score (nSPS) is 13.2. The van der Waals surface area contributed by atoms with E-state index in [0.717, 1.165) is 27.8 Å². The molecule has 180 valence electrons. The highest BCUT2D eigenvalue weighted by molar-refractivity contribution is 5.82. The Morgan fingerprint density at radius 1 is 0.857 bits per heavy atom. The average Bonchev–Trinajstić information content (AvgIpc) is 3.22. The van der Waals surface area contributed by atoms with Crippen LogP contribution in [-0.4, -0.2) is 38.4 Å². The van der Waals surface area contributed by atoms with E-state index >= 15 is 0 Å². The van der Waals surface area contributed by atoms with Crippen molar-refractivity contribution in [2.45, 2.75) is 25.0 Å². The van der Waals surface area contributed by atoms with Crippen molar-refractivity contribution in [2.75, 3.05) is 20.3 Å². The lowest BCUT2D eigenvalue weighted by Crippen LogP contribution is -2.42. The van der Waals surface area contributed by atoms with E-state index in [0.29, 0.717) is 6.61 Å². The molecule has 1 N–H and O–H groups in total. The number of hydrogen-bond donors (Lipinski definition) is 1. The maximum atomic E-state index is 12.7. The molecule has 1 aliphatic rings. The third-order valence-electron chi connectivity index (χ3n) is 5.95. The molecular weight excluding hydrogens is 442 g/mol. The maximum absolute atomic E-state index is 12.7. The molecule has 0 aromatic heterocycles. The number of amides is 1. The van der Waals surface area contributed by atoms with Crippen LogP contribution in [0.4, 0.5) is 4.79 Å². The standard InChI is InChI=1S/C29H29NO5/c1-33-18-10-9-17-27(28(31)34-19-21-11-3-2-4-12-21)30-29(32)35-20-26-24-15-7-5-13-22(24)23-14-6-8-16-25(23)26/h2-16,26-27H,17-20H2,1H3,(H,30,32)/b10-9+/t27-/m0/s1. The minimum Gasteiger partial charge on any atom is -0.459 e. The first-order valence-corrected chi connectivity index (χ1v) is 11.6. The second-order valence-electron chi connectivity index (χ2n) is 8.28. The molecule has 3 aromatic carbocycles. The summed E-state index contributed by atoms with van der Waals surface area (Å²) in [5.74, 6) is -0.581. The van der Waals surface area contributed by atoms with Crippen molar-refractivity contribution in [3.63, 3.8) is 0 Å². The Labute approximate surface area is 205 Å². The molecule has 6 heteroatoms. The lowest BCUT2D eigenvalue weighted by atomic mass is 9.98. The predicted octanol–water partition coefficient (Wildman–Crippen LogP) is 5.23. The number of rotatable bonds is 10. The molecule has 0 bridgehead atoms. The second-order valence-corrected chi connectivity index (χ2v) is 8.28. The summed E-state index contributed by atoms with van der Waals surface area (Å²) < 4.78 is 16.1. The van der Waals surface area contributed by atoms with Crippen molar-refractivity contribution in [1.82, 2.24) is 5.32 Å². The van der Waals surface area contributed by atoms with Crippen molar-refractivity contribution in [1.29, 1.82) is 0 Å². The Balaban J connectivity index is 1.38. The Kier molecular flexibility index (Phi) is 8.30. The van der Waals surface area contributed by atoms with Crippen molar-refractivity contribution < 1.29 is 23.8 Å². The second kappa shape index (κ2) is 12.0. The molecule has 0 spiro atoms. The molecule has 0 saturated carbocycles. The summed E-state index contributed by atoms with van der Waals surface area (Å²) in [6.45, 7) is 0.714. The van der Waals surface area contributed by atoms with Crippen LogP contribution in [0.15, 0.2) is 91.0 Å². The van der Waals surface area contributed by atoms with Gasteiger partial charge < -0.3 is 19.5 Å². The molecule has 1 atom stereocenters. The van der Waals surface area contributed by atoms with Gasteiger partial charge in [-0.2, -0.15) is 0 Å². The minimum absolute atomic E-state index is 0.0572. The van der Waals surface area contributed by atoms with Crippen LogP contribution in [0.25, 0.3) is 11.1 Å². The Hall–Kier alpha value is -3.90. The number of esters is 1. The van der Waals surface area contributed by atoms with Crippen molar-refractivity contribution in [3.8, 4) is 11.1 Å². The fraction of sp³-hybridized carbons (Fsp3) is 0.241. The van der Waals surface area contributed by atoms with Gasteiger partial charge in [0.1, 0.15) is 19.3 Å². The molecular formula is C29H29NO5. The van der Waals surface area contributed by atoms with Crippen LogP contribution in [0.5, 0.6) is 0 Å². The highest BCUT2D eigenvalue weighted by Gasteiger charge is 2.29. The molecule has 0 aliphatic heterocycles. The fourth-order valence-corrected chi connectivity index (χ4v) is 4.22. The zero-order valence-corrected chi connectivity index (χ0v) is 19.7. The third kappa shape index (κ3) is 6.16. The monoisotopic (exact) mass is 471 g/mol. The van der Waals surface area contributed by atoms with E-state index in [1.165, 1.54) is 0 Å². The third-order valence-corrected chi connectivity index (χ3v) is 5.95. The molecule has 6 nitrogen and oxygen atoms in total. The van der Waals surface area contributed by atoms with Gasteiger partial charge >= 0.3 is 12.1 Å². The van der Waals surface area contributed by atoms with Gasteiger partial charge in [-0.05, 0) is 34.2 Å². The van der Waals surface area contributed by atoms with E-state index in [2.05, 4.69) is 29.6 Å². The van der Waals surface area contributed by atoms with Gasteiger partial charge in [-0.1, -0.05) is 91.0 Å². The van der Waals surface area contributed by atoms with Gasteiger partial charge in [-0.3, -0.25) is 0 Å². The van der Waals surface area contributed by atoms with Gasteiger partial charge in [-0.25, -0.2) is 9.59 Å². The first-order valence-electron chi connectivity index (χ1n) is 11.6. The van der Waals surface area contributed by atoms with Crippen molar-refractivity contribution >= 4 is 12.1 Å². The molecule has 0 heterocycles. The largest absolute Gasteiger partial charge is 0.459 e. The van der Waals surface area contributed by atoms with Crippen molar-refractivity contribution in [2.24, 2.45) is 0 Å². The van der Waals surface area contributed by atoms with Crippen LogP contribution < -0.4 is 5.32 Å². The molecule has 35 heavy (non-hydrogen) atoms. The molecule has 1 aliphatic carbocycles. The highest BCUT2D eigenvalue weighted by Crippen LogP contribution is 2.44. The summed E-state index contributed by atoms with van der Waals surface area (Å²) in [5.41, 5.74) is 5.44. The summed E-state index contributed by atoms with van der Waals surface area (Å²) in [5, 5.41) is 2.67. The zero-order chi connectivity index (χ0) is 24.5. The van der Waals surface area contributed by atoms with Crippen LogP contribution in [0.1, 0.15) is 29.0 Å². The molecule has 3 aromatic rings. The number of fused-ring (bicyclic) bond motifs is 3. The molecule has 0 unspecified atom stereocenters.